The number of ether oxygens (including phenoxy) is 2. The van der Waals surface area contributed by atoms with Gasteiger partial charge in [0.05, 0.1) is 0 Å². The zero-order valence-electron chi connectivity index (χ0n) is 17.2. The van der Waals surface area contributed by atoms with Crippen molar-refractivity contribution in [1.29, 1.82) is 0 Å². The van der Waals surface area contributed by atoms with E-state index in [9.17, 15) is 4.79 Å². The van der Waals surface area contributed by atoms with Crippen molar-refractivity contribution in [1.82, 2.24) is 0 Å². The fourth-order valence-corrected chi connectivity index (χ4v) is 3.33. The van der Waals surface area contributed by atoms with Crippen LogP contribution in [0.1, 0.15) is 106 Å². The molecule has 0 atom stereocenters. The average molecular weight is 343 g/mol. The lowest BCUT2D eigenvalue weighted by Crippen LogP contribution is -2.30. The summed E-state index contributed by atoms with van der Waals surface area (Å²) < 4.78 is 11.0. The summed E-state index contributed by atoms with van der Waals surface area (Å²) in [5.41, 5.74) is 0.230. The zero-order valence-corrected chi connectivity index (χ0v) is 17.2. The standard InChI is InChI=1S/C21H42O3/c1-7-13-15-20(9-3,10-4)17-23-19(22)24-18-21(11-5,12-6)16-14-8-2/h7-18H2,1-6H3. The Balaban J connectivity index is 4.49. The molecule has 0 heterocycles. The minimum atomic E-state index is -0.486. The number of hydrogen-bond donors (Lipinski definition) is 0. The van der Waals surface area contributed by atoms with Crippen LogP contribution in [0.15, 0.2) is 0 Å². The third kappa shape index (κ3) is 7.90. The molecule has 144 valence electrons. The second-order valence-corrected chi connectivity index (χ2v) is 7.45. The van der Waals surface area contributed by atoms with Gasteiger partial charge in [-0.05, 0) is 38.5 Å². The monoisotopic (exact) mass is 342 g/mol. The maximum atomic E-state index is 12.1. The molecule has 0 aliphatic heterocycles. The van der Waals surface area contributed by atoms with Gasteiger partial charge in [-0.3, -0.25) is 0 Å². The predicted molar refractivity (Wildman–Crippen MR) is 102 cm³/mol. The summed E-state index contributed by atoms with van der Waals surface area (Å²) in [4.78, 5) is 12.1. The van der Waals surface area contributed by atoms with E-state index in [1.807, 2.05) is 0 Å². The van der Waals surface area contributed by atoms with E-state index in [2.05, 4.69) is 41.5 Å². The fraction of sp³-hybridized carbons (Fsp3) is 0.952. The van der Waals surface area contributed by atoms with Crippen LogP contribution in [0.25, 0.3) is 0 Å². The van der Waals surface area contributed by atoms with Gasteiger partial charge in [0.25, 0.3) is 0 Å². The molecule has 0 aliphatic carbocycles. The summed E-state index contributed by atoms with van der Waals surface area (Å²) in [7, 11) is 0. The van der Waals surface area contributed by atoms with Crippen LogP contribution in [-0.4, -0.2) is 19.4 Å². The molecule has 0 saturated heterocycles. The number of carbonyl (C=O) groups is 1. The fourth-order valence-electron chi connectivity index (χ4n) is 3.33. The van der Waals surface area contributed by atoms with Crippen molar-refractivity contribution in [3.63, 3.8) is 0 Å². The lowest BCUT2D eigenvalue weighted by molar-refractivity contribution is -0.00986. The number of hydrogen-bond acceptors (Lipinski definition) is 3. The van der Waals surface area contributed by atoms with E-state index >= 15 is 0 Å². The molecule has 0 aliphatic rings. The maximum absolute atomic E-state index is 12.1. The number of rotatable bonds is 14. The van der Waals surface area contributed by atoms with E-state index in [0.29, 0.717) is 13.2 Å². The van der Waals surface area contributed by atoms with Gasteiger partial charge in [0.15, 0.2) is 0 Å². The van der Waals surface area contributed by atoms with Crippen molar-refractivity contribution in [3.8, 4) is 0 Å². The molecular formula is C21H42O3. The van der Waals surface area contributed by atoms with E-state index in [1.54, 1.807) is 0 Å². The van der Waals surface area contributed by atoms with Gasteiger partial charge < -0.3 is 9.47 Å². The van der Waals surface area contributed by atoms with Crippen LogP contribution in [0.3, 0.4) is 0 Å². The topological polar surface area (TPSA) is 35.5 Å². The molecule has 0 aromatic rings. The molecule has 0 unspecified atom stereocenters. The first-order chi connectivity index (χ1) is 11.5. The molecule has 0 saturated carbocycles. The zero-order chi connectivity index (χ0) is 18.5. The lowest BCUT2D eigenvalue weighted by atomic mass is 9.78. The van der Waals surface area contributed by atoms with Crippen molar-refractivity contribution in [2.24, 2.45) is 10.8 Å². The summed E-state index contributed by atoms with van der Waals surface area (Å²) in [6.45, 7) is 14.1. The Morgan fingerprint density at radius 2 is 1.00 bits per heavy atom. The number of carbonyl (C=O) groups excluding carboxylic acids is 1. The Labute approximate surface area is 150 Å². The summed E-state index contributed by atoms with van der Waals surface area (Å²) >= 11 is 0. The molecule has 0 bridgehead atoms. The Kier molecular flexibility index (Phi) is 12.2. The SMILES string of the molecule is CCCCC(CC)(CC)COC(=O)OCC(CC)(CC)CCCC. The van der Waals surface area contributed by atoms with Crippen LogP contribution in [0.2, 0.25) is 0 Å². The van der Waals surface area contributed by atoms with Crippen LogP contribution in [0.4, 0.5) is 4.79 Å². The Morgan fingerprint density at radius 1 is 0.667 bits per heavy atom. The molecule has 3 nitrogen and oxygen atoms in total. The molecule has 24 heavy (non-hydrogen) atoms. The van der Waals surface area contributed by atoms with E-state index in [0.717, 1.165) is 38.5 Å². The second kappa shape index (κ2) is 12.6. The molecule has 3 heteroatoms. The minimum absolute atomic E-state index is 0.115. The van der Waals surface area contributed by atoms with E-state index in [-0.39, 0.29) is 10.8 Å². The van der Waals surface area contributed by atoms with Crippen LogP contribution < -0.4 is 0 Å². The first-order valence-electron chi connectivity index (χ1n) is 10.3. The summed E-state index contributed by atoms with van der Waals surface area (Å²) in [6.07, 6.45) is 10.7. The molecule has 0 N–H and O–H groups in total. The van der Waals surface area contributed by atoms with Gasteiger partial charge >= 0.3 is 6.16 Å². The quantitative estimate of drug-likeness (QED) is 0.315. The normalized spacial score (nSPS) is 12.2. The van der Waals surface area contributed by atoms with Gasteiger partial charge in [-0.2, -0.15) is 0 Å². The summed E-state index contributed by atoms with van der Waals surface area (Å²) in [5, 5.41) is 0. The van der Waals surface area contributed by atoms with Crippen molar-refractivity contribution in [2.75, 3.05) is 13.2 Å². The first-order valence-corrected chi connectivity index (χ1v) is 10.3. The van der Waals surface area contributed by atoms with Crippen LogP contribution >= 0.6 is 0 Å². The first kappa shape index (κ1) is 23.3. The van der Waals surface area contributed by atoms with Gasteiger partial charge in [0.1, 0.15) is 13.2 Å². The van der Waals surface area contributed by atoms with Gasteiger partial charge in [0.2, 0.25) is 0 Å². The summed E-state index contributed by atoms with van der Waals surface area (Å²) in [6, 6.07) is 0. The highest BCUT2D eigenvalue weighted by atomic mass is 16.7. The highest BCUT2D eigenvalue weighted by Gasteiger charge is 2.30. The Morgan fingerprint density at radius 3 is 1.25 bits per heavy atom. The van der Waals surface area contributed by atoms with Crippen molar-refractivity contribution >= 4 is 6.16 Å². The smallest absolute Gasteiger partial charge is 0.434 e. The Bertz CT molecular complexity index is 287. The van der Waals surface area contributed by atoms with E-state index in [4.69, 9.17) is 9.47 Å². The van der Waals surface area contributed by atoms with Crippen molar-refractivity contribution in [2.45, 2.75) is 106 Å². The molecule has 0 aromatic heterocycles. The van der Waals surface area contributed by atoms with E-state index in [1.165, 1.54) is 25.7 Å². The largest absolute Gasteiger partial charge is 0.508 e. The van der Waals surface area contributed by atoms with Gasteiger partial charge in [-0.15, -0.1) is 0 Å². The highest BCUT2D eigenvalue weighted by Crippen LogP contribution is 2.34. The van der Waals surface area contributed by atoms with Crippen LogP contribution in [0, 0.1) is 10.8 Å². The lowest BCUT2D eigenvalue weighted by Gasteiger charge is -2.32. The van der Waals surface area contributed by atoms with Crippen LogP contribution in [0.5, 0.6) is 0 Å². The molecule has 0 amide bonds. The van der Waals surface area contributed by atoms with E-state index < -0.39 is 6.16 Å². The number of unbranched alkanes of at least 4 members (excludes halogenated alkanes) is 2. The van der Waals surface area contributed by atoms with Crippen LogP contribution in [-0.2, 0) is 9.47 Å². The van der Waals surface area contributed by atoms with Gasteiger partial charge in [0, 0.05) is 10.8 Å². The summed E-state index contributed by atoms with van der Waals surface area (Å²) in [5.74, 6) is 0. The molecular weight excluding hydrogens is 300 g/mol. The maximum Gasteiger partial charge on any atom is 0.508 e. The van der Waals surface area contributed by atoms with Gasteiger partial charge in [-0.1, -0.05) is 67.2 Å². The minimum Gasteiger partial charge on any atom is -0.434 e. The third-order valence-corrected chi connectivity index (χ3v) is 6.11. The molecule has 0 aromatic carbocycles. The molecule has 0 spiro atoms. The third-order valence-electron chi connectivity index (χ3n) is 6.11. The van der Waals surface area contributed by atoms with Crippen molar-refractivity contribution < 1.29 is 14.3 Å². The second-order valence-electron chi connectivity index (χ2n) is 7.45. The average Bonchev–Trinajstić information content (AvgIpc) is 2.63. The highest BCUT2D eigenvalue weighted by molar-refractivity contribution is 5.59. The predicted octanol–water partition coefficient (Wildman–Crippen LogP) is 7.13. The van der Waals surface area contributed by atoms with Gasteiger partial charge in [-0.25, -0.2) is 4.79 Å². The Hall–Kier alpha value is -0.730. The molecule has 0 radical (unpaired) electrons. The molecule has 0 fully saturated rings. The molecule has 0 rings (SSSR count). The van der Waals surface area contributed by atoms with Crippen molar-refractivity contribution in [3.05, 3.63) is 0 Å².